The molecule has 0 unspecified atom stereocenters. The Hall–Kier alpha value is -3.42. The van der Waals surface area contributed by atoms with Crippen molar-refractivity contribution in [3.8, 4) is 0 Å². The number of halogens is 1. The SMILES string of the molecule is CN=C(NCCc1cccc(F)c1)NCc1ccc(C(=O)N2CCNC(=O)C2)cc1. The molecule has 30 heavy (non-hydrogen) atoms. The Morgan fingerprint density at radius 2 is 1.97 bits per heavy atom. The summed E-state index contributed by atoms with van der Waals surface area (Å²) in [7, 11) is 1.69. The van der Waals surface area contributed by atoms with Gasteiger partial charge in [-0.05, 0) is 41.8 Å². The quantitative estimate of drug-likeness (QED) is 0.494. The molecule has 0 aliphatic carbocycles. The van der Waals surface area contributed by atoms with Crippen LogP contribution in [-0.4, -0.2) is 55.9 Å². The molecule has 0 saturated carbocycles. The molecule has 0 bridgehead atoms. The van der Waals surface area contributed by atoms with E-state index in [0.29, 0.717) is 44.1 Å². The lowest BCUT2D eigenvalue weighted by atomic mass is 10.1. The maximum absolute atomic E-state index is 13.2. The average molecular weight is 411 g/mol. The number of rotatable bonds is 6. The van der Waals surface area contributed by atoms with E-state index in [-0.39, 0.29) is 24.2 Å². The van der Waals surface area contributed by atoms with E-state index in [1.54, 1.807) is 30.1 Å². The Morgan fingerprint density at radius 1 is 1.17 bits per heavy atom. The monoisotopic (exact) mass is 411 g/mol. The first kappa shape index (κ1) is 21.3. The highest BCUT2D eigenvalue weighted by Crippen LogP contribution is 2.09. The Morgan fingerprint density at radius 3 is 2.67 bits per heavy atom. The molecule has 3 rings (SSSR count). The summed E-state index contributed by atoms with van der Waals surface area (Å²) < 4.78 is 13.2. The van der Waals surface area contributed by atoms with Crippen molar-refractivity contribution in [2.75, 3.05) is 33.2 Å². The number of hydrogen-bond donors (Lipinski definition) is 3. The van der Waals surface area contributed by atoms with Crippen LogP contribution in [0.3, 0.4) is 0 Å². The molecule has 0 atom stereocenters. The summed E-state index contributed by atoms with van der Waals surface area (Å²) in [4.78, 5) is 29.7. The van der Waals surface area contributed by atoms with Gasteiger partial charge in [0.15, 0.2) is 5.96 Å². The lowest BCUT2D eigenvalue weighted by Gasteiger charge is -2.26. The zero-order valence-electron chi connectivity index (χ0n) is 17.0. The van der Waals surface area contributed by atoms with Gasteiger partial charge in [-0.3, -0.25) is 14.6 Å². The van der Waals surface area contributed by atoms with Gasteiger partial charge < -0.3 is 20.9 Å². The van der Waals surface area contributed by atoms with Gasteiger partial charge in [0.05, 0.1) is 6.54 Å². The molecular formula is C22H26FN5O2. The molecule has 158 valence electrons. The molecular weight excluding hydrogens is 385 g/mol. The smallest absolute Gasteiger partial charge is 0.254 e. The first-order valence-electron chi connectivity index (χ1n) is 9.89. The minimum Gasteiger partial charge on any atom is -0.356 e. The van der Waals surface area contributed by atoms with Crippen LogP contribution in [0, 0.1) is 5.82 Å². The number of nitrogens with zero attached hydrogens (tertiary/aromatic N) is 2. The summed E-state index contributed by atoms with van der Waals surface area (Å²) in [5, 5.41) is 9.13. The molecule has 1 heterocycles. The summed E-state index contributed by atoms with van der Waals surface area (Å²) in [6, 6.07) is 13.8. The number of piperazine rings is 1. The lowest BCUT2D eigenvalue weighted by molar-refractivity contribution is -0.123. The van der Waals surface area contributed by atoms with Crippen molar-refractivity contribution < 1.29 is 14.0 Å². The van der Waals surface area contributed by atoms with Crippen molar-refractivity contribution >= 4 is 17.8 Å². The third-order valence-electron chi connectivity index (χ3n) is 4.81. The number of carbonyl (C=O) groups excluding carboxylic acids is 2. The first-order chi connectivity index (χ1) is 14.5. The van der Waals surface area contributed by atoms with Gasteiger partial charge >= 0.3 is 0 Å². The van der Waals surface area contributed by atoms with Crippen LogP contribution in [-0.2, 0) is 17.8 Å². The van der Waals surface area contributed by atoms with E-state index in [1.807, 2.05) is 18.2 Å². The summed E-state index contributed by atoms with van der Waals surface area (Å²) in [6.45, 7) is 2.27. The average Bonchev–Trinajstić information content (AvgIpc) is 2.76. The number of guanidine groups is 1. The number of benzene rings is 2. The minimum atomic E-state index is -0.236. The van der Waals surface area contributed by atoms with Crippen LogP contribution in [0.1, 0.15) is 21.5 Å². The van der Waals surface area contributed by atoms with Crippen LogP contribution in [0.2, 0.25) is 0 Å². The van der Waals surface area contributed by atoms with Crippen LogP contribution in [0.25, 0.3) is 0 Å². The lowest BCUT2D eigenvalue weighted by Crippen LogP contribution is -2.49. The van der Waals surface area contributed by atoms with Gasteiger partial charge in [0.2, 0.25) is 5.91 Å². The Balaban J connectivity index is 1.46. The van der Waals surface area contributed by atoms with Crippen LogP contribution in [0.5, 0.6) is 0 Å². The highest BCUT2D eigenvalue weighted by Gasteiger charge is 2.22. The zero-order valence-corrected chi connectivity index (χ0v) is 17.0. The van der Waals surface area contributed by atoms with Gasteiger partial charge in [-0.25, -0.2) is 4.39 Å². The van der Waals surface area contributed by atoms with Crippen molar-refractivity contribution in [2.24, 2.45) is 4.99 Å². The predicted octanol–water partition coefficient (Wildman–Crippen LogP) is 1.31. The van der Waals surface area contributed by atoms with Gasteiger partial charge in [0, 0.05) is 38.8 Å². The number of amides is 2. The maximum Gasteiger partial charge on any atom is 0.254 e. The van der Waals surface area contributed by atoms with Crippen molar-refractivity contribution in [3.05, 3.63) is 71.0 Å². The second kappa shape index (κ2) is 10.4. The molecule has 0 aromatic heterocycles. The molecule has 2 aromatic carbocycles. The van der Waals surface area contributed by atoms with Crippen molar-refractivity contribution in [1.29, 1.82) is 0 Å². The largest absolute Gasteiger partial charge is 0.356 e. The number of aliphatic imine (C=N–C) groups is 1. The summed E-state index contributed by atoms with van der Waals surface area (Å²) in [5.41, 5.74) is 2.48. The normalized spacial score (nSPS) is 14.3. The standard InChI is InChI=1S/C22H26FN5O2/c1-24-22(26-10-9-16-3-2-4-19(23)13-16)27-14-17-5-7-18(8-6-17)21(30)28-12-11-25-20(29)15-28/h2-8,13H,9-12,14-15H2,1H3,(H,25,29)(H2,24,26,27). The maximum atomic E-state index is 13.2. The van der Waals surface area contributed by atoms with Crippen molar-refractivity contribution in [1.82, 2.24) is 20.9 Å². The molecule has 0 radical (unpaired) electrons. The van der Waals surface area contributed by atoms with E-state index in [1.165, 1.54) is 12.1 Å². The number of nitrogens with one attached hydrogen (secondary N) is 3. The van der Waals surface area contributed by atoms with Crippen LogP contribution >= 0.6 is 0 Å². The molecule has 1 aliphatic rings. The Bertz CT molecular complexity index is 914. The second-order valence-corrected chi connectivity index (χ2v) is 7.01. The summed E-state index contributed by atoms with van der Waals surface area (Å²) >= 11 is 0. The van der Waals surface area contributed by atoms with Crippen LogP contribution in [0.15, 0.2) is 53.5 Å². The minimum absolute atomic E-state index is 0.0970. The van der Waals surface area contributed by atoms with Gasteiger partial charge in [0.25, 0.3) is 5.91 Å². The third kappa shape index (κ3) is 6.04. The van der Waals surface area contributed by atoms with Gasteiger partial charge in [-0.2, -0.15) is 0 Å². The molecule has 2 amide bonds. The molecule has 1 aliphatic heterocycles. The topological polar surface area (TPSA) is 85.8 Å². The van der Waals surface area contributed by atoms with Crippen LogP contribution in [0.4, 0.5) is 4.39 Å². The van der Waals surface area contributed by atoms with Gasteiger partial charge in [-0.15, -0.1) is 0 Å². The fourth-order valence-electron chi connectivity index (χ4n) is 3.18. The zero-order chi connectivity index (χ0) is 21.3. The number of carbonyl (C=O) groups is 2. The van der Waals surface area contributed by atoms with E-state index in [2.05, 4.69) is 20.9 Å². The van der Waals surface area contributed by atoms with E-state index < -0.39 is 0 Å². The van der Waals surface area contributed by atoms with E-state index in [4.69, 9.17) is 0 Å². The molecule has 2 aromatic rings. The van der Waals surface area contributed by atoms with Crippen molar-refractivity contribution in [3.63, 3.8) is 0 Å². The van der Waals surface area contributed by atoms with Crippen molar-refractivity contribution in [2.45, 2.75) is 13.0 Å². The molecule has 1 fully saturated rings. The predicted molar refractivity (Wildman–Crippen MR) is 114 cm³/mol. The fourth-order valence-corrected chi connectivity index (χ4v) is 3.18. The highest BCUT2D eigenvalue weighted by molar-refractivity contribution is 5.97. The molecule has 8 heteroatoms. The molecule has 3 N–H and O–H groups in total. The molecule has 7 nitrogen and oxygen atoms in total. The Kier molecular flexibility index (Phi) is 7.37. The summed E-state index contributed by atoms with van der Waals surface area (Å²) in [5.74, 6) is 0.136. The number of hydrogen-bond acceptors (Lipinski definition) is 3. The third-order valence-corrected chi connectivity index (χ3v) is 4.81. The van der Waals surface area contributed by atoms with E-state index in [0.717, 1.165) is 11.1 Å². The highest BCUT2D eigenvalue weighted by atomic mass is 19.1. The van der Waals surface area contributed by atoms with Gasteiger partial charge in [0.1, 0.15) is 5.82 Å². The first-order valence-corrected chi connectivity index (χ1v) is 9.89. The second-order valence-electron chi connectivity index (χ2n) is 7.01. The molecule has 1 saturated heterocycles. The van der Waals surface area contributed by atoms with Crippen LogP contribution < -0.4 is 16.0 Å². The fraction of sp³-hybridized carbons (Fsp3) is 0.318. The van der Waals surface area contributed by atoms with Gasteiger partial charge in [-0.1, -0.05) is 24.3 Å². The summed E-state index contributed by atoms with van der Waals surface area (Å²) in [6.07, 6.45) is 0.684. The van der Waals surface area contributed by atoms with E-state index in [9.17, 15) is 14.0 Å². The Labute approximate surface area is 175 Å². The van der Waals surface area contributed by atoms with E-state index >= 15 is 0 Å². The molecule has 0 spiro atoms.